The van der Waals surface area contributed by atoms with Gasteiger partial charge >= 0.3 is 0 Å². The lowest BCUT2D eigenvalue weighted by molar-refractivity contribution is 0.0447. The largest absolute Gasteiger partial charge is 0.484 e. The summed E-state index contributed by atoms with van der Waals surface area (Å²) in [5.41, 5.74) is 4.08. The van der Waals surface area contributed by atoms with Crippen molar-refractivity contribution < 1.29 is 18.6 Å². The van der Waals surface area contributed by atoms with Crippen molar-refractivity contribution in [1.29, 1.82) is 0 Å². The predicted octanol–water partition coefficient (Wildman–Crippen LogP) is 2.41. The van der Waals surface area contributed by atoms with E-state index >= 15 is 0 Å². The molecule has 0 spiro atoms. The third kappa shape index (κ3) is 4.45. The minimum Gasteiger partial charge on any atom is -0.484 e. The fourth-order valence-corrected chi connectivity index (χ4v) is 4.60. The zero-order valence-electron chi connectivity index (χ0n) is 18.5. The first-order valence-electron chi connectivity index (χ1n) is 11.2. The molecule has 0 aliphatic carbocycles. The number of halogens is 2. The minimum atomic E-state index is -2.32. The van der Waals surface area contributed by atoms with Crippen LogP contribution in [0.25, 0.3) is 5.65 Å². The van der Waals surface area contributed by atoms with Crippen LogP contribution in [0.1, 0.15) is 18.1 Å². The molecule has 2 aliphatic heterocycles. The average Bonchev–Trinajstić information content (AvgIpc) is 3.37. The number of alkyl halides is 2. The summed E-state index contributed by atoms with van der Waals surface area (Å²) in [7, 11) is 0. The molecule has 0 amide bonds. The van der Waals surface area contributed by atoms with E-state index in [1.807, 2.05) is 25.3 Å². The number of ether oxygens (including phenoxy) is 1. The van der Waals surface area contributed by atoms with E-state index in [2.05, 4.69) is 26.4 Å². The number of aliphatic hydroxyl groups excluding tert-OH is 1. The number of piperazine rings is 1. The number of hydrogen-bond donors (Lipinski definition) is 2. The van der Waals surface area contributed by atoms with Gasteiger partial charge in [-0.3, -0.25) is 4.90 Å². The Kier molecular flexibility index (Phi) is 5.79. The van der Waals surface area contributed by atoms with Crippen LogP contribution in [0.5, 0.6) is 5.75 Å². The molecule has 8 nitrogen and oxygen atoms in total. The molecule has 0 bridgehead atoms. The predicted molar refractivity (Wildman–Crippen MR) is 121 cm³/mol. The van der Waals surface area contributed by atoms with Gasteiger partial charge in [0.1, 0.15) is 11.4 Å². The van der Waals surface area contributed by atoms with Crippen molar-refractivity contribution >= 4 is 17.0 Å². The van der Waals surface area contributed by atoms with Gasteiger partial charge in [-0.1, -0.05) is 0 Å². The Morgan fingerprint density at radius 1 is 1.24 bits per heavy atom. The topological polar surface area (TPSA) is 78.2 Å². The normalized spacial score (nSPS) is 20.9. The van der Waals surface area contributed by atoms with Crippen LogP contribution >= 0.6 is 0 Å². The highest BCUT2D eigenvalue weighted by Crippen LogP contribution is 2.42. The summed E-state index contributed by atoms with van der Waals surface area (Å²) in [5.74, 6) is 0.764. The second kappa shape index (κ2) is 8.75. The van der Waals surface area contributed by atoms with Crippen LogP contribution in [0.3, 0.4) is 0 Å². The molecule has 2 aromatic heterocycles. The van der Waals surface area contributed by atoms with Gasteiger partial charge in [0, 0.05) is 68.7 Å². The van der Waals surface area contributed by atoms with E-state index in [9.17, 15) is 13.9 Å². The molecule has 10 heteroatoms. The van der Waals surface area contributed by atoms with E-state index in [1.165, 1.54) is 0 Å². The quantitative estimate of drug-likeness (QED) is 0.563. The smallest absolute Gasteiger partial charge is 0.251 e. The number of nitrogens with zero attached hydrogens (tertiary/aromatic N) is 5. The van der Waals surface area contributed by atoms with Crippen molar-refractivity contribution in [2.45, 2.75) is 31.9 Å². The van der Waals surface area contributed by atoms with Crippen LogP contribution in [-0.2, 0) is 13.0 Å². The van der Waals surface area contributed by atoms with Gasteiger partial charge in [0.05, 0.1) is 30.7 Å². The first-order chi connectivity index (χ1) is 15.9. The number of rotatable bonds is 7. The summed E-state index contributed by atoms with van der Waals surface area (Å²) in [6, 6.07) is 5.92. The van der Waals surface area contributed by atoms with Gasteiger partial charge in [0.2, 0.25) is 0 Å². The summed E-state index contributed by atoms with van der Waals surface area (Å²) in [5, 5.41) is 17.7. The third-order valence-electron chi connectivity index (χ3n) is 6.36. The van der Waals surface area contributed by atoms with Gasteiger partial charge in [-0.15, -0.1) is 0 Å². The van der Waals surface area contributed by atoms with E-state index in [1.54, 1.807) is 21.8 Å². The Bertz CT molecular complexity index is 1130. The molecule has 0 radical (unpaired) electrons. The SMILES string of the molecule is CC1(CO)Cc2cc(NCc3cnn4cccnc34)c(N3CCN(CC(F)F)CC3)cc2O1. The average molecular weight is 459 g/mol. The molecule has 176 valence electrons. The van der Waals surface area contributed by atoms with E-state index in [4.69, 9.17) is 4.74 Å². The van der Waals surface area contributed by atoms with Crippen molar-refractivity contribution in [1.82, 2.24) is 19.5 Å². The molecule has 5 rings (SSSR count). The Hall–Kier alpha value is -2.98. The Morgan fingerprint density at radius 3 is 2.82 bits per heavy atom. The second-order valence-corrected chi connectivity index (χ2v) is 8.95. The zero-order chi connectivity index (χ0) is 23.0. The molecule has 2 aliphatic rings. The summed E-state index contributed by atoms with van der Waals surface area (Å²) in [6.07, 6.45) is 3.70. The van der Waals surface area contributed by atoms with E-state index in [-0.39, 0.29) is 13.2 Å². The molecule has 1 saturated heterocycles. The molecular weight excluding hydrogens is 430 g/mol. The van der Waals surface area contributed by atoms with Gasteiger partial charge in [-0.05, 0) is 19.1 Å². The molecule has 0 saturated carbocycles. The number of nitrogens with one attached hydrogen (secondary N) is 1. The summed E-state index contributed by atoms with van der Waals surface area (Å²) in [4.78, 5) is 8.42. The van der Waals surface area contributed by atoms with Gasteiger partial charge in [0.25, 0.3) is 6.43 Å². The number of aromatic nitrogens is 3. The van der Waals surface area contributed by atoms with Crippen molar-refractivity contribution in [2.24, 2.45) is 0 Å². The van der Waals surface area contributed by atoms with Crippen LogP contribution in [0, 0.1) is 0 Å². The first-order valence-corrected chi connectivity index (χ1v) is 11.2. The summed E-state index contributed by atoms with van der Waals surface area (Å²) in [6.45, 7) is 4.62. The van der Waals surface area contributed by atoms with Crippen LogP contribution in [-0.4, -0.2) is 76.0 Å². The third-order valence-corrected chi connectivity index (χ3v) is 6.36. The molecule has 3 aromatic rings. The lowest BCUT2D eigenvalue weighted by Gasteiger charge is -2.37. The van der Waals surface area contributed by atoms with E-state index < -0.39 is 12.0 Å². The number of fused-ring (bicyclic) bond motifs is 2. The Labute approximate surface area is 190 Å². The summed E-state index contributed by atoms with van der Waals surface area (Å²) >= 11 is 0. The highest BCUT2D eigenvalue weighted by Gasteiger charge is 2.35. The lowest BCUT2D eigenvalue weighted by Crippen LogP contribution is -2.48. The fraction of sp³-hybridized carbons (Fsp3) is 0.478. The van der Waals surface area contributed by atoms with Gasteiger partial charge in [-0.25, -0.2) is 18.3 Å². The molecule has 1 aromatic carbocycles. The van der Waals surface area contributed by atoms with Crippen molar-refractivity contribution in [2.75, 3.05) is 49.5 Å². The fourth-order valence-electron chi connectivity index (χ4n) is 4.60. The monoisotopic (exact) mass is 458 g/mol. The maximum atomic E-state index is 12.8. The standard InChI is InChI=1S/C23H28F2N6O2/c1-23(15-32)11-16-9-18(27-12-17-13-28-31-4-2-3-26-22(17)31)19(10-20(16)33-23)30-7-5-29(6-8-30)14-21(24)25/h2-4,9-10,13,21,27,32H,5-8,11-12,14-15H2,1H3. The molecule has 4 heterocycles. The first kappa shape index (κ1) is 21.8. The zero-order valence-corrected chi connectivity index (χ0v) is 18.5. The molecular formula is C23H28F2N6O2. The maximum Gasteiger partial charge on any atom is 0.251 e. The van der Waals surface area contributed by atoms with Gasteiger partial charge in [-0.2, -0.15) is 5.10 Å². The van der Waals surface area contributed by atoms with E-state index in [0.29, 0.717) is 39.1 Å². The van der Waals surface area contributed by atoms with Crippen LogP contribution in [0.4, 0.5) is 20.2 Å². The van der Waals surface area contributed by atoms with Crippen LogP contribution < -0.4 is 15.0 Å². The molecule has 1 unspecified atom stereocenters. The number of benzene rings is 1. The van der Waals surface area contributed by atoms with Crippen LogP contribution in [0.2, 0.25) is 0 Å². The highest BCUT2D eigenvalue weighted by molar-refractivity contribution is 5.75. The van der Waals surface area contributed by atoms with Crippen molar-refractivity contribution in [3.05, 3.63) is 47.9 Å². The van der Waals surface area contributed by atoms with Gasteiger partial charge < -0.3 is 20.1 Å². The Balaban J connectivity index is 1.40. The van der Waals surface area contributed by atoms with Crippen molar-refractivity contribution in [3.63, 3.8) is 0 Å². The van der Waals surface area contributed by atoms with Gasteiger partial charge in [0.15, 0.2) is 5.65 Å². The molecule has 2 N–H and O–H groups in total. The highest BCUT2D eigenvalue weighted by atomic mass is 19.3. The number of hydrogen-bond acceptors (Lipinski definition) is 7. The molecule has 33 heavy (non-hydrogen) atoms. The number of aliphatic hydroxyl groups is 1. The lowest BCUT2D eigenvalue weighted by atomic mass is 9.99. The summed E-state index contributed by atoms with van der Waals surface area (Å²) < 4.78 is 33.4. The number of anilines is 2. The van der Waals surface area contributed by atoms with E-state index in [0.717, 1.165) is 33.9 Å². The maximum absolute atomic E-state index is 12.8. The van der Waals surface area contributed by atoms with Crippen molar-refractivity contribution in [3.8, 4) is 5.75 Å². The minimum absolute atomic E-state index is 0.0693. The Morgan fingerprint density at radius 2 is 2.06 bits per heavy atom. The molecule has 1 fully saturated rings. The van der Waals surface area contributed by atoms with Crippen LogP contribution in [0.15, 0.2) is 36.8 Å². The molecule has 1 atom stereocenters. The second-order valence-electron chi connectivity index (χ2n) is 8.95.